The van der Waals surface area contributed by atoms with Crippen molar-refractivity contribution in [2.75, 3.05) is 26.7 Å². The minimum Gasteiger partial charge on any atom is -0.480 e. The molecule has 30 heavy (non-hydrogen) atoms. The van der Waals surface area contributed by atoms with Crippen LogP contribution in [0.2, 0.25) is 0 Å². The van der Waals surface area contributed by atoms with Gasteiger partial charge < -0.3 is 19.9 Å². The molecule has 2 atom stereocenters. The van der Waals surface area contributed by atoms with Crippen molar-refractivity contribution in [3.63, 3.8) is 0 Å². The van der Waals surface area contributed by atoms with Gasteiger partial charge in [0.05, 0.1) is 5.56 Å². The van der Waals surface area contributed by atoms with Crippen LogP contribution in [0.4, 0.5) is 0 Å². The molecule has 0 radical (unpaired) electrons. The molecule has 1 aliphatic rings. The molecule has 1 unspecified atom stereocenters. The summed E-state index contributed by atoms with van der Waals surface area (Å²) in [6, 6.07) is 15.8. The number of para-hydroxylation sites is 1. The van der Waals surface area contributed by atoms with Gasteiger partial charge in [0, 0.05) is 38.3 Å². The molecular formula is C23H27N3O4. The summed E-state index contributed by atoms with van der Waals surface area (Å²) in [7, 11) is 1.55. The lowest BCUT2D eigenvalue weighted by Gasteiger charge is -2.40. The smallest absolute Gasteiger partial charge is 0.263 e. The quantitative estimate of drug-likeness (QED) is 0.821. The molecule has 1 heterocycles. The predicted octanol–water partition coefficient (Wildman–Crippen LogP) is 2.19. The Balaban J connectivity index is 1.64. The minimum atomic E-state index is -0.755. The highest BCUT2D eigenvalue weighted by Crippen LogP contribution is 2.21. The third-order valence-electron chi connectivity index (χ3n) is 5.23. The van der Waals surface area contributed by atoms with E-state index in [1.54, 1.807) is 60.2 Å². The first-order valence-electron chi connectivity index (χ1n) is 10.0. The van der Waals surface area contributed by atoms with Crippen molar-refractivity contribution in [1.29, 1.82) is 0 Å². The van der Waals surface area contributed by atoms with E-state index in [-0.39, 0.29) is 23.8 Å². The Kier molecular flexibility index (Phi) is 6.72. The number of carbonyl (C=O) groups excluding carboxylic acids is 3. The maximum atomic E-state index is 13.0. The first-order chi connectivity index (χ1) is 14.4. The summed E-state index contributed by atoms with van der Waals surface area (Å²) in [5, 5.41) is 2.57. The van der Waals surface area contributed by atoms with Crippen molar-refractivity contribution < 1.29 is 19.1 Å². The molecule has 158 valence electrons. The largest absolute Gasteiger partial charge is 0.480 e. The summed E-state index contributed by atoms with van der Waals surface area (Å²) in [4.78, 5) is 41.2. The van der Waals surface area contributed by atoms with Gasteiger partial charge in [-0.25, -0.2) is 0 Å². The Labute approximate surface area is 176 Å². The molecule has 1 aliphatic heterocycles. The van der Waals surface area contributed by atoms with Crippen LogP contribution in [0.5, 0.6) is 5.75 Å². The molecule has 0 saturated carbocycles. The van der Waals surface area contributed by atoms with Crippen LogP contribution < -0.4 is 10.1 Å². The minimum absolute atomic E-state index is 0.0293. The van der Waals surface area contributed by atoms with Crippen LogP contribution in [0.25, 0.3) is 0 Å². The number of amides is 3. The van der Waals surface area contributed by atoms with E-state index in [0.29, 0.717) is 36.5 Å². The SMILES string of the molecule is CNC(=O)c1ccccc1OC(C)C(=O)N1CCN(C(=O)c2ccccc2)C[C@H]1C. The molecule has 0 aromatic heterocycles. The number of piperazine rings is 1. The summed E-state index contributed by atoms with van der Waals surface area (Å²) >= 11 is 0. The number of hydrogen-bond acceptors (Lipinski definition) is 4. The Morgan fingerprint density at radius 3 is 2.37 bits per heavy atom. The third-order valence-corrected chi connectivity index (χ3v) is 5.23. The standard InChI is InChI=1S/C23H27N3O4/c1-16-15-25(23(29)18-9-5-4-6-10-18)13-14-26(16)22(28)17(2)30-20-12-8-7-11-19(20)21(27)24-3/h4-12,16-17H,13-15H2,1-3H3,(H,24,27)/t16-,17?/m1/s1. The summed E-state index contributed by atoms with van der Waals surface area (Å²) in [6.45, 7) is 4.96. The molecule has 1 fully saturated rings. The molecule has 0 bridgehead atoms. The lowest BCUT2D eigenvalue weighted by molar-refractivity contribution is -0.142. The van der Waals surface area contributed by atoms with E-state index in [1.807, 2.05) is 25.1 Å². The predicted molar refractivity (Wildman–Crippen MR) is 113 cm³/mol. The second-order valence-electron chi connectivity index (χ2n) is 7.33. The molecule has 3 rings (SSSR count). The van der Waals surface area contributed by atoms with Crippen molar-refractivity contribution in [2.45, 2.75) is 26.0 Å². The number of rotatable bonds is 5. The number of nitrogens with one attached hydrogen (secondary N) is 1. The number of hydrogen-bond donors (Lipinski definition) is 1. The third kappa shape index (κ3) is 4.62. The number of carbonyl (C=O) groups is 3. The van der Waals surface area contributed by atoms with Gasteiger partial charge in [-0.3, -0.25) is 14.4 Å². The Hall–Kier alpha value is -3.35. The van der Waals surface area contributed by atoms with Gasteiger partial charge in [0.15, 0.2) is 6.10 Å². The summed E-state index contributed by atoms with van der Waals surface area (Å²) in [5.41, 5.74) is 1.03. The van der Waals surface area contributed by atoms with Gasteiger partial charge in [0.2, 0.25) is 0 Å². The van der Waals surface area contributed by atoms with Crippen molar-refractivity contribution in [2.24, 2.45) is 0 Å². The fourth-order valence-electron chi connectivity index (χ4n) is 3.60. The van der Waals surface area contributed by atoms with Crippen LogP contribution >= 0.6 is 0 Å². The molecule has 7 nitrogen and oxygen atoms in total. The van der Waals surface area contributed by atoms with E-state index in [0.717, 1.165) is 0 Å². The summed E-state index contributed by atoms with van der Waals surface area (Å²) in [5.74, 6) is -0.103. The van der Waals surface area contributed by atoms with Gasteiger partial charge in [-0.15, -0.1) is 0 Å². The average Bonchev–Trinajstić information content (AvgIpc) is 2.78. The zero-order valence-electron chi connectivity index (χ0n) is 17.5. The molecule has 2 aromatic carbocycles. The van der Waals surface area contributed by atoms with Crippen LogP contribution in [-0.4, -0.2) is 66.3 Å². The van der Waals surface area contributed by atoms with E-state index in [1.165, 1.54) is 0 Å². The number of benzene rings is 2. The zero-order valence-corrected chi connectivity index (χ0v) is 17.5. The van der Waals surface area contributed by atoms with Crippen LogP contribution in [0.15, 0.2) is 54.6 Å². The first kappa shape index (κ1) is 21.4. The average molecular weight is 409 g/mol. The molecule has 0 aliphatic carbocycles. The van der Waals surface area contributed by atoms with Crippen LogP contribution in [0, 0.1) is 0 Å². The van der Waals surface area contributed by atoms with E-state index >= 15 is 0 Å². The van der Waals surface area contributed by atoms with Crippen LogP contribution in [-0.2, 0) is 4.79 Å². The Bertz CT molecular complexity index is 916. The van der Waals surface area contributed by atoms with Crippen molar-refractivity contribution >= 4 is 17.7 Å². The lowest BCUT2D eigenvalue weighted by atomic mass is 10.1. The summed E-state index contributed by atoms with van der Waals surface area (Å²) < 4.78 is 5.84. The van der Waals surface area contributed by atoms with Gasteiger partial charge in [-0.05, 0) is 38.1 Å². The Morgan fingerprint density at radius 2 is 1.70 bits per heavy atom. The van der Waals surface area contributed by atoms with Gasteiger partial charge >= 0.3 is 0 Å². The highest BCUT2D eigenvalue weighted by atomic mass is 16.5. The fourth-order valence-corrected chi connectivity index (χ4v) is 3.60. The number of nitrogens with zero attached hydrogens (tertiary/aromatic N) is 2. The second-order valence-corrected chi connectivity index (χ2v) is 7.33. The highest BCUT2D eigenvalue weighted by molar-refractivity contribution is 5.97. The van der Waals surface area contributed by atoms with E-state index < -0.39 is 6.10 Å². The van der Waals surface area contributed by atoms with Gasteiger partial charge in [0.1, 0.15) is 5.75 Å². The molecule has 3 amide bonds. The van der Waals surface area contributed by atoms with Crippen molar-refractivity contribution in [3.05, 3.63) is 65.7 Å². The topological polar surface area (TPSA) is 79.0 Å². The van der Waals surface area contributed by atoms with Crippen molar-refractivity contribution in [3.8, 4) is 5.75 Å². The second kappa shape index (κ2) is 9.43. The molecule has 7 heteroatoms. The zero-order chi connectivity index (χ0) is 21.7. The molecule has 1 N–H and O–H groups in total. The van der Waals surface area contributed by atoms with Gasteiger partial charge in [-0.2, -0.15) is 0 Å². The van der Waals surface area contributed by atoms with E-state index in [2.05, 4.69) is 5.32 Å². The normalized spacial score (nSPS) is 17.2. The van der Waals surface area contributed by atoms with Gasteiger partial charge in [-0.1, -0.05) is 30.3 Å². The van der Waals surface area contributed by atoms with Gasteiger partial charge in [0.25, 0.3) is 17.7 Å². The molecular weight excluding hydrogens is 382 g/mol. The Morgan fingerprint density at radius 1 is 1.03 bits per heavy atom. The van der Waals surface area contributed by atoms with E-state index in [4.69, 9.17) is 4.74 Å². The highest BCUT2D eigenvalue weighted by Gasteiger charge is 2.33. The monoisotopic (exact) mass is 409 g/mol. The molecule has 1 saturated heterocycles. The maximum absolute atomic E-state index is 13.0. The molecule has 0 spiro atoms. The lowest BCUT2D eigenvalue weighted by Crippen LogP contribution is -2.57. The van der Waals surface area contributed by atoms with E-state index in [9.17, 15) is 14.4 Å². The first-order valence-corrected chi connectivity index (χ1v) is 10.0. The number of ether oxygens (including phenoxy) is 1. The van der Waals surface area contributed by atoms with Crippen LogP contribution in [0.1, 0.15) is 34.6 Å². The summed E-state index contributed by atoms with van der Waals surface area (Å²) in [6.07, 6.45) is -0.755. The maximum Gasteiger partial charge on any atom is 0.263 e. The fraction of sp³-hybridized carbons (Fsp3) is 0.348. The van der Waals surface area contributed by atoms with Crippen LogP contribution in [0.3, 0.4) is 0 Å². The molecule has 2 aromatic rings. The van der Waals surface area contributed by atoms with Crippen molar-refractivity contribution in [1.82, 2.24) is 15.1 Å².